The van der Waals surface area contributed by atoms with Gasteiger partial charge in [0.25, 0.3) is 0 Å². The van der Waals surface area contributed by atoms with Crippen LogP contribution < -0.4 is 5.32 Å². The summed E-state index contributed by atoms with van der Waals surface area (Å²) < 4.78 is 1.81. The number of rotatable bonds is 4. The van der Waals surface area contributed by atoms with E-state index in [1.807, 2.05) is 46.8 Å². The van der Waals surface area contributed by atoms with Crippen LogP contribution in [0.25, 0.3) is 5.69 Å². The molecule has 25 heavy (non-hydrogen) atoms. The summed E-state index contributed by atoms with van der Waals surface area (Å²) in [4.78, 5) is 12.4. The van der Waals surface area contributed by atoms with E-state index in [-0.39, 0.29) is 17.7 Å². The fourth-order valence-corrected chi connectivity index (χ4v) is 2.71. The van der Waals surface area contributed by atoms with Crippen LogP contribution in [0.15, 0.2) is 24.3 Å². The smallest absolute Gasteiger partial charge is 0.225 e. The molecule has 1 aromatic carbocycles. The van der Waals surface area contributed by atoms with E-state index < -0.39 is 6.04 Å². The van der Waals surface area contributed by atoms with E-state index >= 15 is 0 Å². The first-order valence-corrected chi connectivity index (χ1v) is 8.51. The van der Waals surface area contributed by atoms with Crippen LogP contribution in [-0.2, 0) is 11.2 Å². The molecule has 1 aromatic heterocycles. The Bertz CT molecular complexity index is 810. The molecule has 132 valence electrons. The van der Waals surface area contributed by atoms with E-state index in [0.717, 1.165) is 22.6 Å². The van der Waals surface area contributed by atoms with E-state index in [0.29, 0.717) is 5.02 Å². The van der Waals surface area contributed by atoms with Gasteiger partial charge in [0.2, 0.25) is 5.91 Å². The molecule has 0 bridgehead atoms. The average Bonchev–Trinajstić information content (AvgIpc) is 2.80. The normalized spacial score (nSPS) is 12.5. The van der Waals surface area contributed by atoms with Gasteiger partial charge in [0.1, 0.15) is 6.04 Å². The fraction of sp³-hybridized carbons (Fsp3) is 0.421. The molecule has 0 saturated heterocycles. The van der Waals surface area contributed by atoms with E-state index in [2.05, 4.69) is 16.5 Å². The lowest BCUT2D eigenvalue weighted by Crippen LogP contribution is -2.43. The first kappa shape index (κ1) is 19.0. The van der Waals surface area contributed by atoms with Crippen LogP contribution in [0.2, 0.25) is 5.02 Å². The van der Waals surface area contributed by atoms with Crippen molar-refractivity contribution in [1.82, 2.24) is 15.1 Å². The Kier molecular flexibility index (Phi) is 5.54. The van der Waals surface area contributed by atoms with Crippen molar-refractivity contribution in [3.63, 3.8) is 0 Å². The van der Waals surface area contributed by atoms with Crippen LogP contribution in [0.5, 0.6) is 0 Å². The van der Waals surface area contributed by atoms with Crippen molar-refractivity contribution >= 4 is 17.5 Å². The Labute approximate surface area is 153 Å². The zero-order chi connectivity index (χ0) is 18.8. The molecule has 1 N–H and O–H groups in total. The zero-order valence-corrected chi connectivity index (χ0v) is 16.0. The molecule has 0 fully saturated rings. The van der Waals surface area contributed by atoms with Crippen LogP contribution in [0.1, 0.15) is 37.7 Å². The predicted octanol–water partition coefficient (Wildman–Crippen LogP) is 3.74. The van der Waals surface area contributed by atoms with Gasteiger partial charge in [-0.1, -0.05) is 32.4 Å². The lowest BCUT2D eigenvalue weighted by Gasteiger charge is -2.25. The molecule has 0 aliphatic rings. The monoisotopic (exact) mass is 358 g/mol. The summed E-state index contributed by atoms with van der Waals surface area (Å²) >= 11 is 5.93. The van der Waals surface area contributed by atoms with E-state index in [1.54, 1.807) is 16.8 Å². The third-order valence-corrected chi connectivity index (χ3v) is 4.40. The number of nitrogens with zero attached hydrogens (tertiary/aromatic N) is 3. The summed E-state index contributed by atoms with van der Waals surface area (Å²) in [7, 11) is 0. The Hall–Kier alpha value is -2.32. The number of halogens is 1. The zero-order valence-electron chi connectivity index (χ0n) is 15.2. The molecular formula is C19H23ClN4O. The molecule has 0 aliphatic carbocycles. The van der Waals surface area contributed by atoms with E-state index in [9.17, 15) is 10.1 Å². The first-order valence-electron chi connectivity index (χ1n) is 8.13. The van der Waals surface area contributed by atoms with Gasteiger partial charge < -0.3 is 5.32 Å². The molecule has 6 heteroatoms. The van der Waals surface area contributed by atoms with Crippen LogP contribution in [0.4, 0.5) is 0 Å². The van der Waals surface area contributed by atoms with Crippen molar-refractivity contribution in [2.24, 2.45) is 5.41 Å². The van der Waals surface area contributed by atoms with Crippen molar-refractivity contribution in [2.45, 2.75) is 47.1 Å². The second-order valence-corrected chi connectivity index (χ2v) is 7.65. The Morgan fingerprint density at radius 3 is 2.44 bits per heavy atom. The summed E-state index contributed by atoms with van der Waals surface area (Å²) in [5, 5.41) is 17.3. The number of carbonyl (C=O) groups excluding carboxylic acids is 1. The second kappa shape index (κ2) is 7.28. The van der Waals surface area contributed by atoms with Crippen molar-refractivity contribution in [3.8, 4) is 11.8 Å². The predicted molar refractivity (Wildman–Crippen MR) is 98.8 cm³/mol. The summed E-state index contributed by atoms with van der Waals surface area (Å²) in [6.07, 6.45) is 0.194. The number of amides is 1. The van der Waals surface area contributed by atoms with Gasteiger partial charge in [-0.2, -0.15) is 10.4 Å². The molecule has 0 unspecified atom stereocenters. The van der Waals surface area contributed by atoms with Gasteiger partial charge in [-0.05, 0) is 43.5 Å². The number of hydrogen-bond acceptors (Lipinski definition) is 3. The van der Waals surface area contributed by atoms with Gasteiger partial charge in [-0.25, -0.2) is 4.68 Å². The van der Waals surface area contributed by atoms with Crippen LogP contribution in [0, 0.1) is 30.6 Å². The largest absolute Gasteiger partial charge is 0.340 e. The Morgan fingerprint density at radius 1 is 1.32 bits per heavy atom. The van der Waals surface area contributed by atoms with Crippen molar-refractivity contribution in [2.75, 3.05) is 0 Å². The lowest BCUT2D eigenvalue weighted by atomic mass is 9.87. The van der Waals surface area contributed by atoms with Crippen LogP contribution in [0.3, 0.4) is 0 Å². The van der Waals surface area contributed by atoms with Gasteiger partial charge in [0, 0.05) is 16.3 Å². The third-order valence-electron chi connectivity index (χ3n) is 4.15. The quantitative estimate of drug-likeness (QED) is 0.904. The highest BCUT2D eigenvalue weighted by Gasteiger charge is 2.26. The molecule has 1 amide bonds. The topological polar surface area (TPSA) is 70.7 Å². The Balaban J connectivity index is 2.22. The number of benzene rings is 1. The highest BCUT2D eigenvalue weighted by Crippen LogP contribution is 2.21. The van der Waals surface area contributed by atoms with E-state index in [1.165, 1.54) is 0 Å². The minimum atomic E-state index is -0.535. The maximum absolute atomic E-state index is 12.4. The maximum Gasteiger partial charge on any atom is 0.225 e. The highest BCUT2D eigenvalue weighted by atomic mass is 35.5. The Morgan fingerprint density at radius 2 is 1.92 bits per heavy atom. The van der Waals surface area contributed by atoms with E-state index in [4.69, 9.17) is 11.6 Å². The highest BCUT2D eigenvalue weighted by molar-refractivity contribution is 6.30. The second-order valence-electron chi connectivity index (χ2n) is 7.21. The standard InChI is InChI=1S/C19H23ClN4O/c1-12-16(10-18(25)22-17(11-21)19(3,4)5)13(2)24(23-12)15-8-6-14(20)7-9-15/h6-9,17H,10H2,1-5H3,(H,22,25)/t17-/m1/s1. The summed E-state index contributed by atoms with van der Waals surface area (Å²) in [6, 6.07) is 9.01. The molecule has 2 aromatic rings. The number of carbonyl (C=O) groups is 1. The first-order chi connectivity index (χ1) is 11.6. The van der Waals surface area contributed by atoms with Crippen molar-refractivity contribution in [1.29, 1.82) is 5.26 Å². The molecule has 2 rings (SSSR count). The third kappa shape index (κ3) is 4.40. The number of nitrogens with one attached hydrogen (secondary N) is 1. The van der Waals surface area contributed by atoms with Gasteiger partial charge in [-0.3, -0.25) is 4.79 Å². The fourth-order valence-electron chi connectivity index (χ4n) is 2.58. The summed E-state index contributed by atoms with van der Waals surface area (Å²) in [6.45, 7) is 9.60. The SMILES string of the molecule is Cc1nn(-c2ccc(Cl)cc2)c(C)c1CC(=O)N[C@H](C#N)C(C)(C)C. The molecule has 0 aliphatic heterocycles. The van der Waals surface area contributed by atoms with Gasteiger partial charge in [0.15, 0.2) is 0 Å². The molecular weight excluding hydrogens is 336 g/mol. The van der Waals surface area contributed by atoms with Crippen LogP contribution in [-0.4, -0.2) is 21.7 Å². The van der Waals surface area contributed by atoms with Gasteiger partial charge in [0.05, 0.1) is 23.9 Å². The number of aromatic nitrogens is 2. The molecule has 0 radical (unpaired) electrons. The molecule has 1 atom stereocenters. The summed E-state index contributed by atoms with van der Waals surface area (Å²) in [5.41, 5.74) is 3.15. The van der Waals surface area contributed by atoms with Crippen molar-refractivity contribution in [3.05, 3.63) is 46.2 Å². The number of nitriles is 1. The molecule has 5 nitrogen and oxygen atoms in total. The number of hydrogen-bond donors (Lipinski definition) is 1. The van der Waals surface area contributed by atoms with Gasteiger partial charge >= 0.3 is 0 Å². The molecule has 1 heterocycles. The molecule has 0 saturated carbocycles. The lowest BCUT2D eigenvalue weighted by molar-refractivity contribution is -0.121. The number of aryl methyl sites for hydroxylation is 1. The minimum Gasteiger partial charge on any atom is -0.340 e. The molecule has 0 spiro atoms. The van der Waals surface area contributed by atoms with Gasteiger partial charge in [-0.15, -0.1) is 0 Å². The summed E-state index contributed by atoms with van der Waals surface area (Å²) in [5.74, 6) is -0.177. The van der Waals surface area contributed by atoms with Crippen molar-refractivity contribution < 1.29 is 4.79 Å². The average molecular weight is 359 g/mol. The minimum absolute atomic E-state index is 0.177. The maximum atomic E-state index is 12.4. The van der Waals surface area contributed by atoms with Crippen LogP contribution >= 0.6 is 11.6 Å².